The van der Waals surface area contributed by atoms with Gasteiger partial charge in [0.2, 0.25) is 11.9 Å². The number of carbonyl (C=O) groups excluding carboxylic acids is 1. The molecule has 5 rings (SSSR count). The van der Waals surface area contributed by atoms with E-state index in [2.05, 4.69) is 36.6 Å². The maximum Gasteiger partial charge on any atom is 0.227 e. The lowest BCUT2D eigenvalue weighted by atomic mass is 10.2. The Morgan fingerprint density at radius 3 is 2.71 bits per heavy atom. The van der Waals surface area contributed by atoms with Gasteiger partial charge in [0.25, 0.3) is 0 Å². The molecule has 0 saturated carbocycles. The monoisotopic (exact) mass is 456 g/mol. The van der Waals surface area contributed by atoms with Crippen LogP contribution in [0, 0.1) is 0 Å². The quantitative estimate of drug-likeness (QED) is 0.441. The summed E-state index contributed by atoms with van der Waals surface area (Å²) in [5.74, 6) is 1.97. The van der Waals surface area contributed by atoms with Crippen LogP contribution < -0.4 is 20.3 Å². The fourth-order valence-corrected chi connectivity index (χ4v) is 3.77. The van der Waals surface area contributed by atoms with Crippen molar-refractivity contribution in [2.75, 3.05) is 41.8 Å². The van der Waals surface area contributed by atoms with Gasteiger partial charge < -0.3 is 25.0 Å². The maximum atomic E-state index is 11.3. The molecule has 1 aliphatic heterocycles. The Balaban J connectivity index is 1.34. The number of benzene rings is 2. The largest absolute Gasteiger partial charge is 0.457 e. The number of anilines is 4. The zero-order chi connectivity index (χ0) is 23.3. The highest BCUT2D eigenvalue weighted by Gasteiger charge is 2.15. The second-order valence-corrected chi connectivity index (χ2v) is 7.82. The summed E-state index contributed by atoms with van der Waals surface area (Å²) in [6.45, 7) is 4.58. The summed E-state index contributed by atoms with van der Waals surface area (Å²) in [7, 11) is 0. The van der Waals surface area contributed by atoms with E-state index in [1.165, 1.54) is 6.92 Å². The number of pyridine rings is 1. The number of hydrogen-bond acceptors (Lipinski definition) is 8. The molecule has 2 aromatic heterocycles. The van der Waals surface area contributed by atoms with Crippen LogP contribution in [0.25, 0.3) is 10.9 Å². The molecule has 2 N–H and O–H groups in total. The standard InChI is InChI=1S/C25H24N6O3/c1-17(32)28-24-15-20(8-9-26-24)34-19-6-7-21-18(14-19)16-27-25(29-21)30-22-4-2-3-5-23(22)31-10-12-33-13-11-31/h2-9,14-16H,10-13H2,1H3,(H,26,28,32)(H,27,29,30). The first-order valence-corrected chi connectivity index (χ1v) is 11.0. The summed E-state index contributed by atoms with van der Waals surface area (Å²) in [6, 6.07) is 17.1. The second-order valence-electron chi connectivity index (χ2n) is 7.82. The van der Waals surface area contributed by atoms with Crippen molar-refractivity contribution in [1.82, 2.24) is 15.0 Å². The smallest absolute Gasteiger partial charge is 0.227 e. The molecule has 0 radical (unpaired) electrons. The van der Waals surface area contributed by atoms with Crippen molar-refractivity contribution in [1.29, 1.82) is 0 Å². The molecule has 1 fully saturated rings. The molecule has 34 heavy (non-hydrogen) atoms. The average Bonchev–Trinajstić information content (AvgIpc) is 2.85. The molecule has 2 aromatic carbocycles. The van der Waals surface area contributed by atoms with Gasteiger partial charge in [0.05, 0.1) is 30.1 Å². The number of carbonyl (C=O) groups is 1. The van der Waals surface area contributed by atoms with Gasteiger partial charge in [0.1, 0.15) is 17.3 Å². The summed E-state index contributed by atoms with van der Waals surface area (Å²) in [6.07, 6.45) is 3.35. The molecule has 1 amide bonds. The Morgan fingerprint density at radius 1 is 1.03 bits per heavy atom. The highest BCUT2D eigenvalue weighted by molar-refractivity contribution is 5.87. The predicted octanol–water partition coefficient (Wildman–Crippen LogP) is 4.36. The lowest BCUT2D eigenvalue weighted by molar-refractivity contribution is -0.114. The number of para-hydroxylation sites is 2. The maximum absolute atomic E-state index is 11.3. The molecule has 0 spiro atoms. The van der Waals surface area contributed by atoms with Gasteiger partial charge in [-0.1, -0.05) is 12.1 Å². The van der Waals surface area contributed by atoms with Crippen molar-refractivity contribution in [2.45, 2.75) is 6.92 Å². The first-order valence-electron chi connectivity index (χ1n) is 11.0. The van der Waals surface area contributed by atoms with E-state index in [9.17, 15) is 4.79 Å². The van der Waals surface area contributed by atoms with E-state index in [1.54, 1.807) is 24.5 Å². The van der Waals surface area contributed by atoms with Gasteiger partial charge in [0, 0.05) is 43.9 Å². The van der Waals surface area contributed by atoms with Crippen molar-refractivity contribution < 1.29 is 14.3 Å². The fraction of sp³-hybridized carbons (Fsp3) is 0.200. The molecular weight excluding hydrogens is 432 g/mol. The van der Waals surface area contributed by atoms with E-state index < -0.39 is 0 Å². The summed E-state index contributed by atoms with van der Waals surface area (Å²) in [5.41, 5.74) is 2.85. The zero-order valence-electron chi connectivity index (χ0n) is 18.7. The van der Waals surface area contributed by atoms with Crippen LogP contribution in [0.15, 0.2) is 67.0 Å². The topological polar surface area (TPSA) is 102 Å². The molecule has 0 bridgehead atoms. The number of rotatable bonds is 6. The van der Waals surface area contributed by atoms with E-state index in [0.29, 0.717) is 23.3 Å². The Labute approximate surface area is 196 Å². The predicted molar refractivity (Wildman–Crippen MR) is 131 cm³/mol. The molecule has 9 heteroatoms. The minimum atomic E-state index is -0.190. The Bertz CT molecular complexity index is 1320. The summed E-state index contributed by atoms with van der Waals surface area (Å²) >= 11 is 0. The van der Waals surface area contributed by atoms with E-state index >= 15 is 0 Å². The summed E-state index contributed by atoms with van der Waals surface area (Å²) < 4.78 is 11.4. The van der Waals surface area contributed by atoms with Crippen molar-refractivity contribution >= 4 is 40.0 Å². The van der Waals surface area contributed by atoms with Crippen LogP contribution in [-0.2, 0) is 9.53 Å². The van der Waals surface area contributed by atoms with Gasteiger partial charge in [-0.3, -0.25) is 4.79 Å². The van der Waals surface area contributed by atoms with Crippen LogP contribution in [-0.4, -0.2) is 47.2 Å². The van der Waals surface area contributed by atoms with Crippen molar-refractivity contribution in [3.05, 3.63) is 67.0 Å². The molecule has 9 nitrogen and oxygen atoms in total. The van der Waals surface area contributed by atoms with Gasteiger partial charge >= 0.3 is 0 Å². The molecule has 0 atom stereocenters. The van der Waals surface area contributed by atoms with Crippen molar-refractivity contribution in [3.8, 4) is 11.5 Å². The van der Waals surface area contributed by atoms with Gasteiger partial charge in [-0.25, -0.2) is 15.0 Å². The Hall–Kier alpha value is -4.24. The Kier molecular flexibility index (Phi) is 6.17. The summed E-state index contributed by atoms with van der Waals surface area (Å²) in [4.78, 5) is 26.8. The average molecular weight is 457 g/mol. The first-order chi connectivity index (χ1) is 16.6. The number of morpholine rings is 1. The molecule has 1 saturated heterocycles. The molecule has 0 aliphatic carbocycles. The molecule has 0 unspecified atom stereocenters. The molecule has 172 valence electrons. The number of ether oxygens (including phenoxy) is 2. The SMILES string of the molecule is CC(=O)Nc1cc(Oc2ccc3nc(Nc4ccccc4N4CCOCC4)ncc3c2)ccn1. The molecule has 1 aliphatic rings. The highest BCUT2D eigenvalue weighted by atomic mass is 16.5. The first kappa shape index (κ1) is 21.6. The van der Waals surface area contributed by atoms with Crippen molar-refractivity contribution in [2.24, 2.45) is 0 Å². The minimum Gasteiger partial charge on any atom is -0.457 e. The van der Waals surface area contributed by atoms with Crippen LogP contribution >= 0.6 is 0 Å². The number of amides is 1. The van der Waals surface area contributed by atoms with Crippen LogP contribution in [0.3, 0.4) is 0 Å². The zero-order valence-corrected chi connectivity index (χ0v) is 18.7. The molecular formula is C25H24N6O3. The third-order valence-corrected chi connectivity index (χ3v) is 5.32. The van der Waals surface area contributed by atoms with E-state index in [1.807, 2.05) is 36.4 Å². The number of aromatic nitrogens is 3. The highest BCUT2D eigenvalue weighted by Crippen LogP contribution is 2.30. The number of fused-ring (bicyclic) bond motifs is 1. The van der Waals surface area contributed by atoms with Crippen LogP contribution in [0.5, 0.6) is 11.5 Å². The van der Waals surface area contributed by atoms with Gasteiger partial charge in [0.15, 0.2) is 0 Å². The third-order valence-electron chi connectivity index (χ3n) is 5.32. The van der Waals surface area contributed by atoms with E-state index in [4.69, 9.17) is 9.47 Å². The fourth-order valence-electron chi connectivity index (χ4n) is 3.77. The number of nitrogens with one attached hydrogen (secondary N) is 2. The number of nitrogens with zero attached hydrogens (tertiary/aromatic N) is 4. The lowest BCUT2D eigenvalue weighted by Crippen LogP contribution is -2.36. The van der Waals surface area contributed by atoms with Crippen LogP contribution in [0.4, 0.5) is 23.1 Å². The summed E-state index contributed by atoms with van der Waals surface area (Å²) in [5, 5.41) is 6.85. The minimum absolute atomic E-state index is 0.190. The van der Waals surface area contributed by atoms with E-state index in [-0.39, 0.29) is 5.91 Å². The normalized spacial score (nSPS) is 13.5. The number of hydrogen-bond donors (Lipinski definition) is 2. The van der Waals surface area contributed by atoms with Gasteiger partial charge in [-0.15, -0.1) is 0 Å². The van der Waals surface area contributed by atoms with Crippen LogP contribution in [0.2, 0.25) is 0 Å². The third kappa shape index (κ3) is 5.05. The van der Waals surface area contributed by atoms with Crippen molar-refractivity contribution in [3.63, 3.8) is 0 Å². The second kappa shape index (κ2) is 9.72. The van der Waals surface area contributed by atoms with Gasteiger partial charge in [-0.05, 0) is 36.4 Å². The van der Waals surface area contributed by atoms with E-state index in [0.717, 1.165) is 48.6 Å². The molecule has 4 aromatic rings. The van der Waals surface area contributed by atoms with Crippen LogP contribution in [0.1, 0.15) is 6.92 Å². The lowest BCUT2D eigenvalue weighted by Gasteiger charge is -2.30. The molecule has 3 heterocycles. The van der Waals surface area contributed by atoms with Gasteiger partial charge in [-0.2, -0.15) is 0 Å². The Morgan fingerprint density at radius 2 is 1.85 bits per heavy atom.